The SMILES string of the molecule is Cc1ccc(NC(=O)NC2CCN(C(=O)C3CC3)C2)cc1. The number of carbonyl (C=O) groups excluding carboxylic acids is 2. The van der Waals surface area contributed by atoms with Crippen LogP contribution in [0.5, 0.6) is 0 Å². The Morgan fingerprint density at radius 1 is 1.14 bits per heavy atom. The van der Waals surface area contributed by atoms with Gasteiger partial charge in [-0.2, -0.15) is 0 Å². The Morgan fingerprint density at radius 2 is 1.86 bits per heavy atom. The van der Waals surface area contributed by atoms with Gasteiger partial charge in [0.15, 0.2) is 0 Å². The van der Waals surface area contributed by atoms with Crippen LogP contribution in [0, 0.1) is 12.8 Å². The molecule has 1 aromatic carbocycles. The van der Waals surface area contributed by atoms with E-state index in [1.165, 1.54) is 0 Å². The molecule has 0 aromatic heterocycles. The summed E-state index contributed by atoms with van der Waals surface area (Å²) in [5, 5.41) is 5.76. The van der Waals surface area contributed by atoms with Crippen LogP contribution in [0.4, 0.5) is 10.5 Å². The van der Waals surface area contributed by atoms with Gasteiger partial charge in [-0.25, -0.2) is 4.79 Å². The number of aryl methyl sites for hydroxylation is 1. The molecule has 2 N–H and O–H groups in total. The molecule has 0 bridgehead atoms. The van der Waals surface area contributed by atoms with E-state index in [4.69, 9.17) is 0 Å². The number of anilines is 1. The van der Waals surface area contributed by atoms with E-state index in [0.29, 0.717) is 6.54 Å². The van der Waals surface area contributed by atoms with Crippen molar-refractivity contribution >= 4 is 17.6 Å². The Morgan fingerprint density at radius 3 is 2.52 bits per heavy atom. The van der Waals surface area contributed by atoms with Gasteiger partial charge in [0.25, 0.3) is 0 Å². The standard InChI is InChI=1S/C16H21N3O2/c1-11-2-6-13(7-3-11)17-16(21)18-14-8-9-19(10-14)15(20)12-4-5-12/h2-3,6-7,12,14H,4-5,8-10H2,1H3,(H2,17,18,21). The molecule has 5 heteroatoms. The molecule has 3 amide bonds. The van der Waals surface area contributed by atoms with Gasteiger partial charge in [0.2, 0.25) is 5.91 Å². The molecule has 5 nitrogen and oxygen atoms in total. The van der Waals surface area contributed by atoms with Crippen LogP contribution in [-0.2, 0) is 4.79 Å². The molecule has 1 aromatic rings. The average molecular weight is 287 g/mol. The highest BCUT2D eigenvalue weighted by Gasteiger charge is 2.36. The lowest BCUT2D eigenvalue weighted by molar-refractivity contribution is -0.131. The van der Waals surface area contributed by atoms with Gasteiger partial charge in [-0.15, -0.1) is 0 Å². The van der Waals surface area contributed by atoms with E-state index in [1.807, 2.05) is 36.1 Å². The van der Waals surface area contributed by atoms with Crippen molar-refractivity contribution in [2.24, 2.45) is 5.92 Å². The Hall–Kier alpha value is -2.04. The zero-order valence-corrected chi connectivity index (χ0v) is 12.3. The van der Waals surface area contributed by atoms with Gasteiger partial charge < -0.3 is 15.5 Å². The summed E-state index contributed by atoms with van der Waals surface area (Å²) in [6.45, 7) is 3.40. The molecule has 3 rings (SSSR count). The zero-order valence-electron chi connectivity index (χ0n) is 12.3. The molecule has 1 aliphatic carbocycles. The maximum atomic E-state index is 12.0. The fourth-order valence-corrected chi connectivity index (χ4v) is 2.66. The first-order chi connectivity index (χ1) is 10.1. The molecule has 2 aliphatic rings. The van der Waals surface area contributed by atoms with E-state index in [1.54, 1.807) is 0 Å². The van der Waals surface area contributed by atoms with Crippen LogP contribution >= 0.6 is 0 Å². The van der Waals surface area contributed by atoms with Crippen molar-refractivity contribution in [1.82, 2.24) is 10.2 Å². The summed E-state index contributed by atoms with van der Waals surface area (Å²) in [6.07, 6.45) is 2.89. The van der Waals surface area contributed by atoms with Crippen LogP contribution in [0.1, 0.15) is 24.8 Å². The van der Waals surface area contributed by atoms with Gasteiger partial charge in [-0.1, -0.05) is 17.7 Å². The third kappa shape index (κ3) is 3.54. The summed E-state index contributed by atoms with van der Waals surface area (Å²) in [5.41, 5.74) is 1.94. The number of nitrogens with one attached hydrogen (secondary N) is 2. The number of amides is 3. The second-order valence-corrected chi connectivity index (χ2v) is 6.01. The second-order valence-electron chi connectivity index (χ2n) is 6.01. The third-order valence-electron chi connectivity index (χ3n) is 4.07. The predicted octanol–water partition coefficient (Wildman–Crippen LogP) is 2.13. The lowest BCUT2D eigenvalue weighted by Crippen LogP contribution is -2.40. The lowest BCUT2D eigenvalue weighted by Gasteiger charge is -2.17. The molecule has 112 valence electrons. The molecule has 0 radical (unpaired) electrons. The first-order valence-electron chi connectivity index (χ1n) is 7.55. The molecular formula is C16H21N3O2. The van der Waals surface area contributed by atoms with Crippen molar-refractivity contribution in [2.45, 2.75) is 32.2 Å². The monoisotopic (exact) mass is 287 g/mol. The fourth-order valence-electron chi connectivity index (χ4n) is 2.66. The summed E-state index contributed by atoms with van der Waals surface area (Å²) < 4.78 is 0. The van der Waals surface area contributed by atoms with Crippen molar-refractivity contribution in [3.8, 4) is 0 Å². The highest BCUT2D eigenvalue weighted by atomic mass is 16.2. The Bertz CT molecular complexity index is 537. The average Bonchev–Trinajstić information content (AvgIpc) is 3.21. The minimum Gasteiger partial charge on any atom is -0.340 e. The van der Waals surface area contributed by atoms with Crippen molar-refractivity contribution in [1.29, 1.82) is 0 Å². The topological polar surface area (TPSA) is 61.4 Å². The van der Waals surface area contributed by atoms with Gasteiger partial charge in [0.05, 0.1) is 0 Å². The van der Waals surface area contributed by atoms with Gasteiger partial charge >= 0.3 is 6.03 Å². The number of benzene rings is 1. The second kappa shape index (κ2) is 5.76. The smallest absolute Gasteiger partial charge is 0.319 e. The summed E-state index contributed by atoms with van der Waals surface area (Å²) in [6, 6.07) is 7.53. The van der Waals surface area contributed by atoms with Crippen LogP contribution in [0.2, 0.25) is 0 Å². The predicted molar refractivity (Wildman–Crippen MR) is 81.0 cm³/mol. The molecular weight excluding hydrogens is 266 g/mol. The lowest BCUT2D eigenvalue weighted by atomic mass is 10.2. The molecule has 1 saturated heterocycles. The number of hydrogen-bond acceptors (Lipinski definition) is 2. The van der Waals surface area contributed by atoms with E-state index in [2.05, 4.69) is 10.6 Å². The van der Waals surface area contributed by atoms with Crippen LogP contribution in [-0.4, -0.2) is 36.0 Å². The van der Waals surface area contributed by atoms with Crippen molar-refractivity contribution in [3.63, 3.8) is 0 Å². The Labute approximate surface area is 124 Å². The first kappa shape index (κ1) is 13.9. The maximum Gasteiger partial charge on any atom is 0.319 e. The molecule has 1 aliphatic heterocycles. The summed E-state index contributed by atoms with van der Waals surface area (Å²) >= 11 is 0. The minimum atomic E-state index is -0.204. The Kier molecular flexibility index (Phi) is 3.82. The highest BCUT2D eigenvalue weighted by molar-refractivity contribution is 5.89. The van der Waals surface area contributed by atoms with Crippen molar-refractivity contribution in [2.75, 3.05) is 18.4 Å². The number of likely N-dealkylation sites (tertiary alicyclic amines) is 1. The molecule has 2 fully saturated rings. The number of carbonyl (C=O) groups is 2. The molecule has 1 saturated carbocycles. The summed E-state index contributed by atoms with van der Waals surface area (Å²) in [7, 11) is 0. The van der Waals surface area contributed by atoms with Gasteiger partial charge in [0, 0.05) is 30.7 Å². The highest BCUT2D eigenvalue weighted by Crippen LogP contribution is 2.32. The van der Waals surface area contributed by atoms with E-state index in [-0.39, 0.29) is 23.9 Å². The van der Waals surface area contributed by atoms with Crippen molar-refractivity contribution in [3.05, 3.63) is 29.8 Å². The largest absolute Gasteiger partial charge is 0.340 e. The van der Waals surface area contributed by atoms with E-state index in [9.17, 15) is 9.59 Å². The number of rotatable bonds is 3. The minimum absolute atomic E-state index is 0.0538. The molecule has 21 heavy (non-hydrogen) atoms. The van der Waals surface area contributed by atoms with Gasteiger partial charge in [-0.3, -0.25) is 4.79 Å². The summed E-state index contributed by atoms with van der Waals surface area (Å²) in [4.78, 5) is 25.8. The Balaban J connectivity index is 1.47. The van der Waals surface area contributed by atoms with Crippen molar-refractivity contribution < 1.29 is 9.59 Å². The third-order valence-corrected chi connectivity index (χ3v) is 4.07. The van der Waals surface area contributed by atoms with E-state index < -0.39 is 0 Å². The van der Waals surface area contributed by atoms with Gasteiger partial charge in [0.1, 0.15) is 0 Å². The van der Waals surface area contributed by atoms with Crippen LogP contribution in [0.25, 0.3) is 0 Å². The normalized spacial score (nSPS) is 21.2. The van der Waals surface area contributed by atoms with Crippen LogP contribution in [0.3, 0.4) is 0 Å². The van der Waals surface area contributed by atoms with E-state index >= 15 is 0 Å². The summed E-state index contributed by atoms with van der Waals surface area (Å²) in [5.74, 6) is 0.517. The fraction of sp³-hybridized carbons (Fsp3) is 0.500. The molecule has 1 unspecified atom stereocenters. The number of hydrogen-bond donors (Lipinski definition) is 2. The molecule has 1 atom stereocenters. The zero-order chi connectivity index (χ0) is 14.8. The number of nitrogens with zero attached hydrogens (tertiary/aromatic N) is 1. The van der Waals surface area contributed by atoms with Crippen LogP contribution in [0.15, 0.2) is 24.3 Å². The molecule has 0 spiro atoms. The van der Waals surface area contributed by atoms with Gasteiger partial charge in [-0.05, 0) is 38.3 Å². The first-order valence-corrected chi connectivity index (χ1v) is 7.55. The number of urea groups is 1. The maximum absolute atomic E-state index is 12.0. The quantitative estimate of drug-likeness (QED) is 0.894. The molecule has 1 heterocycles. The van der Waals surface area contributed by atoms with Crippen LogP contribution < -0.4 is 10.6 Å². The van der Waals surface area contributed by atoms with E-state index in [0.717, 1.165) is 37.1 Å².